The molecule has 4 heteroatoms. The van der Waals surface area contributed by atoms with E-state index in [0.29, 0.717) is 6.04 Å². The summed E-state index contributed by atoms with van der Waals surface area (Å²) in [6, 6.07) is 5.02. The molecule has 2 aromatic heterocycles. The zero-order valence-corrected chi connectivity index (χ0v) is 10.7. The minimum atomic E-state index is 0.523. The number of likely N-dealkylation sites (N-methyl/N-ethyl adjacent to an activating group) is 1. The fraction of sp³-hybridized carbons (Fsp3) is 0.455. The van der Waals surface area contributed by atoms with Crippen molar-refractivity contribution in [2.24, 2.45) is 0 Å². The van der Waals surface area contributed by atoms with Gasteiger partial charge in [0.05, 0.1) is 0 Å². The van der Waals surface area contributed by atoms with Gasteiger partial charge in [-0.15, -0.1) is 22.7 Å². The normalized spacial score (nSPS) is 13.5. The Morgan fingerprint density at radius 3 is 3.00 bits per heavy atom. The van der Waals surface area contributed by atoms with E-state index in [2.05, 4.69) is 35.1 Å². The van der Waals surface area contributed by atoms with Crippen LogP contribution in [-0.4, -0.2) is 19.6 Å². The highest BCUT2D eigenvalue weighted by Gasteiger charge is 2.04. The number of hydrogen-bond acceptors (Lipinski definition) is 4. The van der Waals surface area contributed by atoms with Crippen LogP contribution in [0.4, 0.5) is 0 Å². The van der Waals surface area contributed by atoms with E-state index in [1.54, 1.807) is 0 Å². The van der Waals surface area contributed by atoms with Crippen molar-refractivity contribution in [1.29, 1.82) is 0 Å². The fourth-order valence-corrected chi connectivity index (χ4v) is 3.64. The molecule has 0 saturated heterocycles. The summed E-state index contributed by atoms with van der Waals surface area (Å²) in [5, 5.41) is 8.83. The van der Waals surface area contributed by atoms with Gasteiger partial charge >= 0.3 is 0 Å². The fourth-order valence-electron chi connectivity index (χ4n) is 1.56. The van der Waals surface area contributed by atoms with Gasteiger partial charge in [-0.1, -0.05) is 0 Å². The van der Waals surface area contributed by atoms with Crippen molar-refractivity contribution < 1.29 is 0 Å². The molecule has 0 amide bonds. The van der Waals surface area contributed by atoms with Crippen LogP contribution in [0, 0.1) is 0 Å². The molecule has 0 spiro atoms. The molecule has 1 atom stereocenters. The van der Waals surface area contributed by atoms with Gasteiger partial charge in [-0.2, -0.15) is 0 Å². The molecule has 0 bridgehead atoms. The summed E-state index contributed by atoms with van der Waals surface area (Å²) in [5.41, 5.74) is 0. The summed E-state index contributed by atoms with van der Waals surface area (Å²) >= 11 is 3.71. The van der Waals surface area contributed by atoms with Gasteiger partial charge in [0.25, 0.3) is 0 Å². The molecule has 2 nitrogen and oxygen atoms in total. The van der Waals surface area contributed by atoms with Gasteiger partial charge in [-0.3, -0.25) is 0 Å². The monoisotopic (exact) mass is 240 g/mol. The predicted molar refractivity (Wildman–Crippen MR) is 69.9 cm³/mol. The maximum absolute atomic E-state index is 3.50. The van der Waals surface area contributed by atoms with Crippen LogP contribution in [0.1, 0.15) is 11.8 Å². The van der Waals surface area contributed by atoms with Crippen molar-refractivity contribution in [2.75, 3.05) is 13.6 Å². The Morgan fingerprint density at radius 1 is 1.40 bits per heavy atom. The number of hydrogen-bond donors (Lipinski definition) is 2. The van der Waals surface area contributed by atoms with Gasteiger partial charge in [0.1, 0.15) is 0 Å². The zero-order valence-electron chi connectivity index (χ0n) is 9.04. The molecular formula is C11H16N2S2. The Bertz CT molecular complexity index is 390. The average Bonchev–Trinajstić information content (AvgIpc) is 2.74. The van der Waals surface area contributed by atoms with Gasteiger partial charge < -0.3 is 10.6 Å². The highest BCUT2D eigenvalue weighted by Crippen LogP contribution is 2.29. The van der Waals surface area contributed by atoms with Crippen LogP contribution in [0.5, 0.6) is 0 Å². The second-order valence-electron chi connectivity index (χ2n) is 3.70. The standard InChI is InChI=1S/C11H16N2S2/c1-8(6-12-2)13-7-9-5-11-10(15-9)3-4-14-11/h3-5,8,12-13H,6-7H2,1-2H3. The molecule has 0 saturated carbocycles. The Balaban J connectivity index is 1.92. The number of rotatable bonds is 5. The Labute approximate surface area is 98.3 Å². The van der Waals surface area contributed by atoms with Crippen LogP contribution in [0.3, 0.4) is 0 Å². The average molecular weight is 240 g/mol. The van der Waals surface area contributed by atoms with Gasteiger partial charge in [0, 0.05) is 33.4 Å². The second-order valence-corrected chi connectivity index (χ2v) is 5.82. The van der Waals surface area contributed by atoms with Gasteiger partial charge in [0.15, 0.2) is 0 Å². The Morgan fingerprint density at radius 2 is 2.27 bits per heavy atom. The molecule has 2 heterocycles. The molecule has 0 aromatic carbocycles. The molecule has 82 valence electrons. The molecular weight excluding hydrogens is 224 g/mol. The number of nitrogens with one attached hydrogen (secondary N) is 2. The van der Waals surface area contributed by atoms with Crippen molar-refractivity contribution >= 4 is 32.1 Å². The number of fused-ring (bicyclic) bond motifs is 1. The highest BCUT2D eigenvalue weighted by molar-refractivity contribution is 7.26. The Kier molecular flexibility index (Phi) is 3.75. The highest BCUT2D eigenvalue weighted by atomic mass is 32.1. The van der Waals surface area contributed by atoms with Crippen LogP contribution in [0.25, 0.3) is 9.40 Å². The van der Waals surface area contributed by atoms with E-state index in [9.17, 15) is 0 Å². The lowest BCUT2D eigenvalue weighted by molar-refractivity contribution is 0.526. The van der Waals surface area contributed by atoms with Gasteiger partial charge in [-0.25, -0.2) is 0 Å². The van der Waals surface area contributed by atoms with E-state index < -0.39 is 0 Å². The van der Waals surface area contributed by atoms with Crippen molar-refractivity contribution in [3.05, 3.63) is 22.4 Å². The molecule has 2 N–H and O–H groups in total. The molecule has 1 unspecified atom stereocenters. The zero-order chi connectivity index (χ0) is 10.7. The van der Waals surface area contributed by atoms with Crippen molar-refractivity contribution in [2.45, 2.75) is 19.5 Å². The van der Waals surface area contributed by atoms with Gasteiger partial charge in [0.2, 0.25) is 0 Å². The first-order valence-electron chi connectivity index (χ1n) is 5.13. The van der Waals surface area contributed by atoms with Crippen molar-refractivity contribution in [3.63, 3.8) is 0 Å². The SMILES string of the molecule is CNCC(C)NCc1cc2sccc2s1. The van der Waals surface area contributed by atoms with E-state index >= 15 is 0 Å². The molecule has 15 heavy (non-hydrogen) atoms. The van der Waals surface area contributed by atoms with Crippen molar-refractivity contribution in [3.8, 4) is 0 Å². The van der Waals surface area contributed by atoms with Crippen LogP contribution >= 0.6 is 22.7 Å². The molecule has 2 rings (SSSR count). The summed E-state index contributed by atoms with van der Waals surface area (Å²) in [6.45, 7) is 4.20. The quantitative estimate of drug-likeness (QED) is 0.839. The molecule has 0 aliphatic heterocycles. The second kappa shape index (κ2) is 5.07. The summed E-state index contributed by atoms with van der Waals surface area (Å²) in [7, 11) is 1.99. The molecule has 2 aromatic rings. The third-order valence-corrected chi connectivity index (χ3v) is 4.42. The summed E-state index contributed by atoms with van der Waals surface area (Å²) in [6.07, 6.45) is 0. The predicted octanol–water partition coefficient (Wildman–Crippen LogP) is 2.66. The lowest BCUT2D eigenvalue weighted by atomic mass is 10.3. The van der Waals surface area contributed by atoms with E-state index in [4.69, 9.17) is 0 Å². The first-order chi connectivity index (χ1) is 7.29. The minimum Gasteiger partial charge on any atom is -0.318 e. The van der Waals surface area contributed by atoms with Crippen LogP contribution in [0.15, 0.2) is 17.5 Å². The first kappa shape index (κ1) is 11.1. The molecule has 0 fully saturated rings. The molecule has 0 aliphatic carbocycles. The maximum Gasteiger partial charge on any atom is 0.0453 e. The lowest BCUT2D eigenvalue weighted by Crippen LogP contribution is -2.34. The number of thiophene rings is 2. The van der Waals surface area contributed by atoms with E-state index in [1.807, 2.05) is 29.7 Å². The molecule has 0 radical (unpaired) electrons. The van der Waals surface area contributed by atoms with Gasteiger partial charge in [-0.05, 0) is 31.5 Å². The van der Waals surface area contributed by atoms with E-state index in [-0.39, 0.29) is 0 Å². The largest absolute Gasteiger partial charge is 0.318 e. The first-order valence-corrected chi connectivity index (χ1v) is 6.83. The third kappa shape index (κ3) is 2.78. The smallest absolute Gasteiger partial charge is 0.0453 e. The van der Waals surface area contributed by atoms with Crippen molar-refractivity contribution in [1.82, 2.24) is 10.6 Å². The Hall–Kier alpha value is -0.420. The topological polar surface area (TPSA) is 24.1 Å². The summed E-state index contributed by atoms with van der Waals surface area (Å²) in [4.78, 5) is 1.43. The van der Waals surface area contributed by atoms with Crippen LogP contribution in [0.2, 0.25) is 0 Å². The van der Waals surface area contributed by atoms with E-state index in [1.165, 1.54) is 14.3 Å². The summed E-state index contributed by atoms with van der Waals surface area (Å²) in [5.74, 6) is 0. The maximum atomic E-state index is 3.50. The van der Waals surface area contributed by atoms with Crippen LogP contribution < -0.4 is 10.6 Å². The minimum absolute atomic E-state index is 0.523. The third-order valence-electron chi connectivity index (χ3n) is 2.33. The summed E-state index contributed by atoms with van der Waals surface area (Å²) < 4.78 is 2.83. The lowest BCUT2D eigenvalue weighted by Gasteiger charge is -2.11. The van der Waals surface area contributed by atoms with E-state index in [0.717, 1.165) is 13.1 Å². The molecule has 0 aliphatic rings. The van der Waals surface area contributed by atoms with Crippen LogP contribution in [-0.2, 0) is 6.54 Å².